The van der Waals surface area contributed by atoms with Gasteiger partial charge < -0.3 is 19.9 Å². The lowest BCUT2D eigenvalue weighted by Crippen LogP contribution is -1.97. The van der Waals surface area contributed by atoms with Gasteiger partial charge in [-0.2, -0.15) is 0 Å². The van der Waals surface area contributed by atoms with Gasteiger partial charge in [-0.15, -0.1) is 0 Å². The molecule has 5 heteroatoms. The highest BCUT2D eigenvalue weighted by atomic mass is 19.1. The summed E-state index contributed by atoms with van der Waals surface area (Å²) in [7, 11) is 1.47. The minimum absolute atomic E-state index is 0.0586. The predicted octanol–water partition coefficient (Wildman–Crippen LogP) is 4.00. The van der Waals surface area contributed by atoms with Crippen LogP contribution in [-0.4, -0.2) is 13.7 Å². The zero-order valence-corrected chi connectivity index (χ0v) is 12.1. The van der Waals surface area contributed by atoms with Crippen molar-refractivity contribution in [2.24, 2.45) is 0 Å². The number of nitrogen functional groups attached to an aromatic ring is 1. The number of rotatable bonds is 6. The van der Waals surface area contributed by atoms with Gasteiger partial charge in [-0.3, -0.25) is 0 Å². The molecule has 2 rings (SSSR count). The number of hydrogen-bond donors (Lipinski definition) is 1. The van der Waals surface area contributed by atoms with E-state index in [0.29, 0.717) is 18.1 Å². The predicted molar refractivity (Wildman–Crippen MR) is 79.7 cm³/mol. The van der Waals surface area contributed by atoms with Crippen LogP contribution >= 0.6 is 0 Å². The molecule has 2 aromatic carbocycles. The molecule has 0 radical (unpaired) electrons. The summed E-state index contributed by atoms with van der Waals surface area (Å²) in [5.74, 6) is 1.14. The fraction of sp³-hybridized carbons (Fsp3) is 0.250. The van der Waals surface area contributed by atoms with E-state index in [0.717, 1.165) is 12.2 Å². The molecule has 2 aromatic rings. The van der Waals surface area contributed by atoms with E-state index < -0.39 is 5.82 Å². The first kappa shape index (κ1) is 15.0. The largest absolute Gasteiger partial charge is 0.494 e. The Morgan fingerprint density at radius 3 is 2.33 bits per heavy atom. The summed E-state index contributed by atoms with van der Waals surface area (Å²) in [5.41, 5.74) is 5.85. The Balaban J connectivity index is 2.14. The lowest BCUT2D eigenvalue weighted by molar-refractivity contribution is 0.317. The highest BCUT2D eigenvalue weighted by molar-refractivity contribution is 5.56. The highest BCUT2D eigenvalue weighted by Crippen LogP contribution is 2.33. The van der Waals surface area contributed by atoms with E-state index in [-0.39, 0.29) is 11.4 Å². The Morgan fingerprint density at radius 1 is 1.05 bits per heavy atom. The molecule has 2 N–H and O–H groups in total. The van der Waals surface area contributed by atoms with Crippen molar-refractivity contribution in [2.45, 2.75) is 13.3 Å². The maximum absolute atomic E-state index is 13.8. The van der Waals surface area contributed by atoms with Crippen molar-refractivity contribution in [2.75, 3.05) is 19.5 Å². The lowest BCUT2D eigenvalue weighted by atomic mass is 10.2. The molecule has 4 nitrogen and oxygen atoms in total. The van der Waals surface area contributed by atoms with Gasteiger partial charge in [-0.25, -0.2) is 4.39 Å². The van der Waals surface area contributed by atoms with E-state index >= 15 is 0 Å². The molecule has 21 heavy (non-hydrogen) atoms. The van der Waals surface area contributed by atoms with Gasteiger partial charge in [0.05, 0.1) is 19.4 Å². The van der Waals surface area contributed by atoms with Crippen molar-refractivity contribution in [1.29, 1.82) is 0 Å². The van der Waals surface area contributed by atoms with Crippen molar-refractivity contribution in [1.82, 2.24) is 0 Å². The van der Waals surface area contributed by atoms with Crippen LogP contribution in [0.3, 0.4) is 0 Å². The molecule has 0 aliphatic carbocycles. The smallest absolute Gasteiger partial charge is 0.168 e. The molecular formula is C16H18FNO3. The molecule has 0 bridgehead atoms. The van der Waals surface area contributed by atoms with Gasteiger partial charge in [-0.1, -0.05) is 6.92 Å². The van der Waals surface area contributed by atoms with Crippen LogP contribution < -0.4 is 19.9 Å². The first-order chi connectivity index (χ1) is 10.1. The van der Waals surface area contributed by atoms with E-state index in [1.165, 1.54) is 19.2 Å². The molecule has 0 unspecified atom stereocenters. The minimum Gasteiger partial charge on any atom is -0.494 e. The normalized spacial score (nSPS) is 10.2. The van der Waals surface area contributed by atoms with Crippen molar-refractivity contribution >= 4 is 5.69 Å². The van der Waals surface area contributed by atoms with Crippen LogP contribution in [0.15, 0.2) is 36.4 Å². The second kappa shape index (κ2) is 6.83. The molecule has 0 fully saturated rings. The molecule has 0 aromatic heterocycles. The molecule has 0 atom stereocenters. The van der Waals surface area contributed by atoms with Crippen LogP contribution in [0.25, 0.3) is 0 Å². The van der Waals surface area contributed by atoms with Gasteiger partial charge in [0, 0.05) is 12.1 Å². The quantitative estimate of drug-likeness (QED) is 0.817. The van der Waals surface area contributed by atoms with Gasteiger partial charge in [0.1, 0.15) is 17.2 Å². The maximum atomic E-state index is 13.8. The van der Waals surface area contributed by atoms with E-state index in [2.05, 4.69) is 0 Å². The number of methoxy groups -OCH3 is 1. The molecule has 0 amide bonds. The Hall–Kier alpha value is -2.43. The van der Waals surface area contributed by atoms with E-state index in [9.17, 15) is 4.39 Å². The summed E-state index contributed by atoms with van der Waals surface area (Å²) in [4.78, 5) is 0. The van der Waals surface area contributed by atoms with Crippen molar-refractivity contribution in [3.8, 4) is 23.0 Å². The van der Waals surface area contributed by atoms with Crippen LogP contribution in [-0.2, 0) is 0 Å². The zero-order chi connectivity index (χ0) is 15.2. The summed E-state index contributed by atoms with van der Waals surface area (Å²) >= 11 is 0. The maximum Gasteiger partial charge on any atom is 0.168 e. The molecule has 0 spiro atoms. The molecule has 0 aliphatic rings. The monoisotopic (exact) mass is 291 g/mol. The van der Waals surface area contributed by atoms with Gasteiger partial charge in [0.15, 0.2) is 11.6 Å². The van der Waals surface area contributed by atoms with Crippen molar-refractivity contribution in [3.63, 3.8) is 0 Å². The van der Waals surface area contributed by atoms with Gasteiger partial charge in [-0.05, 0) is 30.7 Å². The number of ether oxygens (including phenoxy) is 3. The number of hydrogen-bond acceptors (Lipinski definition) is 4. The topological polar surface area (TPSA) is 53.7 Å². The Labute approximate surface area is 123 Å². The summed E-state index contributed by atoms with van der Waals surface area (Å²) in [6, 6.07) is 9.58. The lowest BCUT2D eigenvalue weighted by Gasteiger charge is -2.11. The molecular weight excluding hydrogens is 273 g/mol. The number of benzene rings is 2. The Kier molecular flexibility index (Phi) is 4.87. The summed E-state index contributed by atoms with van der Waals surface area (Å²) < 4.78 is 29.8. The Bertz CT molecular complexity index is 599. The fourth-order valence-electron chi connectivity index (χ4n) is 1.76. The second-order valence-electron chi connectivity index (χ2n) is 4.45. The molecule has 0 heterocycles. The summed E-state index contributed by atoms with van der Waals surface area (Å²) in [6.45, 7) is 2.69. The van der Waals surface area contributed by atoms with E-state index in [1.54, 1.807) is 24.3 Å². The summed E-state index contributed by atoms with van der Waals surface area (Å²) in [6.07, 6.45) is 0.939. The molecule has 0 saturated heterocycles. The minimum atomic E-state index is -0.542. The van der Waals surface area contributed by atoms with Gasteiger partial charge >= 0.3 is 0 Å². The molecule has 0 saturated carbocycles. The van der Waals surface area contributed by atoms with Gasteiger partial charge in [0.25, 0.3) is 0 Å². The zero-order valence-electron chi connectivity index (χ0n) is 12.1. The standard InChI is InChI=1S/C16H18FNO3/c1-3-8-20-11-4-6-12(7-5-11)21-15-10-16(19-2)14(18)9-13(15)17/h4-7,9-10H,3,8,18H2,1-2H3. The third-order valence-electron chi connectivity index (χ3n) is 2.81. The third kappa shape index (κ3) is 3.78. The number of anilines is 1. The summed E-state index contributed by atoms with van der Waals surface area (Å²) in [5, 5.41) is 0. The van der Waals surface area contributed by atoms with Crippen molar-refractivity contribution < 1.29 is 18.6 Å². The van der Waals surface area contributed by atoms with Crippen LogP contribution in [0.5, 0.6) is 23.0 Å². The van der Waals surface area contributed by atoms with Gasteiger partial charge in [0.2, 0.25) is 0 Å². The number of nitrogens with two attached hydrogens (primary N) is 1. The average molecular weight is 291 g/mol. The first-order valence-electron chi connectivity index (χ1n) is 6.67. The second-order valence-corrected chi connectivity index (χ2v) is 4.45. The van der Waals surface area contributed by atoms with Crippen LogP contribution in [0.2, 0.25) is 0 Å². The molecule has 0 aliphatic heterocycles. The average Bonchev–Trinajstić information content (AvgIpc) is 2.49. The van der Waals surface area contributed by atoms with Crippen LogP contribution in [0.1, 0.15) is 13.3 Å². The van der Waals surface area contributed by atoms with E-state index in [1.807, 2.05) is 6.92 Å². The highest BCUT2D eigenvalue weighted by Gasteiger charge is 2.10. The Morgan fingerprint density at radius 2 is 1.71 bits per heavy atom. The third-order valence-corrected chi connectivity index (χ3v) is 2.81. The first-order valence-corrected chi connectivity index (χ1v) is 6.67. The van der Waals surface area contributed by atoms with Crippen LogP contribution in [0, 0.1) is 5.82 Å². The van der Waals surface area contributed by atoms with Crippen LogP contribution in [0.4, 0.5) is 10.1 Å². The molecule has 112 valence electrons. The SMILES string of the molecule is CCCOc1ccc(Oc2cc(OC)c(N)cc2F)cc1. The van der Waals surface area contributed by atoms with Crippen molar-refractivity contribution in [3.05, 3.63) is 42.2 Å². The van der Waals surface area contributed by atoms with E-state index in [4.69, 9.17) is 19.9 Å². The number of halogens is 1. The fourth-order valence-corrected chi connectivity index (χ4v) is 1.76.